The number of hydrogen-bond acceptors (Lipinski definition) is 6. The van der Waals surface area contributed by atoms with Gasteiger partial charge in [-0.25, -0.2) is 0 Å². The van der Waals surface area contributed by atoms with E-state index in [9.17, 15) is 9.59 Å². The van der Waals surface area contributed by atoms with Gasteiger partial charge >= 0.3 is 5.97 Å². The van der Waals surface area contributed by atoms with Crippen molar-refractivity contribution < 1.29 is 19.1 Å². The third-order valence-corrected chi connectivity index (χ3v) is 8.59. The molecule has 9 heteroatoms. The quantitative estimate of drug-likeness (QED) is 0.0758. The van der Waals surface area contributed by atoms with Gasteiger partial charge in [0.2, 0.25) is 0 Å². The zero-order valence-corrected chi connectivity index (χ0v) is 29.1. The number of esters is 1. The van der Waals surface area contributed by atoms with Crippen LogP contribution in [0.5, 0.6) is 0 Å². The Morgan fingerprint density at radius 1 is 0.745 bits per heavy atom. The molecule has 1 heterocycles. The van der Waals surface area contributed by atoms with Gasteiger partial charge in [-0.3, -0.25) is 19.4 Å². The Bertz CT molecular complexity index is 1540. The molecule has 1 aliphatic rings. The minimum absolute atomic E-state index is 0. The van der Waals surface area contributed by atoms with Crippen LogP contribution in [0.2, 0.25) is 5.02 Å². The zero-order valence-electron chi connectivity index (χ0n) is 26.7. The normalized spacial score (nSPS) is 14.0. The molecule has 0 spiro atoms. The number of halogens is 3. The van der Waals surface area contributed by atoms with Crippen LogP contribution in [0, 0.1) is 0 Å². The summed E-state index contributed by atoms with van der Waals surface area (Å²) in [5, 5.41) is 0.749. The average Bonchev–Trinajstić information content (AvgIpc) is 3.08. The maximum absolute atomic E-state index is 12.9. The Balaban J connectivity index is 0.00000300. The van der Waals surface area contributed by atoms with E-state index in [0.717, 1.165) is 49.9 Å². The van der Waals surface area contributed by atoms with Crippen LogP contribution in [-0.4, -0.2) is 74.1 Å². The summed E-state index contributed by atoms with van der Waals surface area (Å²) in [6, 6.07) is 33.1. The van der Waals surface area contributed by atoms with E-state index in [0.29, 0.717) is 30.8 Å². The predicted molar refractivity (Wildman–Crippen MR) is 194 cm³/mol. The van der Waals surface area contributed by atoms with Crippen molar-refractivity contribution in [2.75, 3.05) is 52.5 Å². The first-order valence-electron chi connectivity index (χ1n) is 15.7. The molecule has 0 amide bonds. The molecule has 1 fully saturated rings. The first kappa shape index (κ1) is 38.2. The van der Waals surface area contributed by atoms with Crippen LogP contribution >= 0.6 is 36.4 Å². The molecule has 6 nitrogen and oxygen atoms in total. The number of carbonyl (C=O) groups excluding carboxylic acids is 2. The molecular weight excluding hydrogens is 655 g/mol. The van der Waals surface area contributed by atoms with E-state index in [2.05, 4.69) is 46.2 Å². The van der Waals surface area contributed by atoms with Crippen LogP contribution < -0.4 is 0 Å². The lowest BCUT2D eigenvalue weighted by Gasteiger charge is -2.35. The molecule has 0 aromatic heterocycles. The summed E-state index contributed by atoms with van der Waals surface area (Å²) in [7, 11) is 0. The van der Waals surface area contributed by atoms with E-state index < -0.39 is 5.92 Å². The van der Waals surface area contributed by atoms with Crippen LogP contribution in [0.1, 0.15) is 46.3 Å². The fraction of sp³-hybridized carbons (Fsp3) is 0.316. The predicted octanol–water partition coefficient (Wildman–Crippen LogP) is 7.95. The second-order valence-corrected chi connectivity index (χ2v) is 11.8. The number of nitrogens with zero attached hydrogens (tertiary/aromatic N) is 2. The summed E-state index contributed by atoms with van der Waals surface area (Å²) < 4.78 is 11.4. The number of benzene rings is 4. The topological polar surface area (TPSA) is 59.1 Å². The van der Waals surface area contributed by atoms with Crippen molar-refractivity contribution >= 4 is 48.2 Å². The summed E-state index contributed by atoms with van der Waals surface area (Å²) in [4.78, 5) is 30.7. The molecule has 4 aromatic carbocycles. The van der Waals surface area contributed by atoms with Gasteiger partial charge in [-0.15, -0.1) is 24.8 Å². The molecule has 1 unspecified atom stereocenters. The minimum atomic E-state index is -0.428. The Hall–Kier alpha value is -3.23. The van der Waals surface area contributed by atoms with E-state index in [1.54, 1.807) is 24.3 Å². The molecule has 4 aromatic rings. The lowest BCUT2D eigenvalue weighted by molar-refractivity contribution is -0.147. The summed E-state index contributed by atoms with van der Waals surface area (Å²) in [5.41, 5.74) is 5.74. The fourth-order valence-electron chi connectivity index (χ4n) is 5.77. The number of ether oxygens (including phenoxy) is 2. The fourth-order valence-corrected chi connectivity index (χ4v) is 5.90. The molecule has 5 rings (SSSR count). The number of ketones is 1. The molecule has 47 heavy (non-hydrogen) atoms. The Kier molecular flexibility index (Phi) is 15.9. The van der Waals surface area contributed by atoms with Gasteiger partial charge in [0.25, 0.3) is 0 Å². The number of piperazine rings is 1. The highest BCUT2D eigenvalue weighted by Gasteiger charge is 2.22. The van der Waals surface area contributed by atoms with Gasteiger partial charge in [0.1, 0.15) is 6.61 Å². The highest BCUT2D eigenvalue weighted by molar-refractivity contribution is 6.30. The van der Waals surface area contributed by atoms with E-state index in [4.69, 9.17) is 21.1 Å². The molecule has 1 atom stereocenters. The summed E-state index contributed by atoms with van der Waals surface area (Å²) in [6.07, 6.45) is 0.585. The summed E-state index contributed by atoms with van der Waals surface area (Å²) >= 11 is 6.10. The van der Waals surface area contributed by atoms with Crippen LogP contribution in [0.3, 0.4) is 0 Å². The maximum atomic E-state index is 12.9. The van der Waals surface area contributed by atoms with Gasteiger partial charge in [-0.1, -0.05) is 103 Å². The number of rotatable bonds is 14. The number of hydrogen-bond donors (Lipinski definition) is 0. The van der Waals surface area contributed by atoms with Gasteiger partial charge < -0.3 is 9.47 Å². The van der Waals surface area contributed by atoms with Gasteiger partial charge in [-0.05, 0) is 46.9 Å². The highest BCUT2D eigenvalue weighted by atomic mass is 35.5. The molecule has 1 aliphatic heterocycles. The first-order valence-corrected chi connectivity index (χ1v) is 16.1. The zero-order chi connectivity index (χ0) is 31.4. The second kappa shape index (κ2) is 19.6. The van der Waals surface area contributed by atoms with Crippen LogP contribution in [0.25, 0.3) is 11.1 Å². The molecule has 250 valence electrons. The highest BCUT2D eigenvalue weighted by Crippen LogP contribution is 2.27. The maximum Gasteiger partial charge on any atom is 0.313 e. The smallest absolute Gasteiger partial charge is 0.313 e. The van der Waals surface area contributed by atoms with Crippen molar-refractivity contribution in [2.45, 2.75) is 25.8 Å². The third kappa shape index (κ3) is 10.9. The van der Waals surface area contributed by atoms with E-state index in [1.165, 1.54) is 16.7 Å². The van der Waals surface area contributed by atoms with Crippen LogP contribution in [-0.2, 0) is 20.8 Å². The van der Waals surface area contributed by atoms with Crippen LogP contribution in [0.15, 0.2) is 103 Å². The average molecular weight is 698 g/mol. The molecule has 0 bridgehead atoms. The van der Waals surface area contributed by atoms with Crippen LogP contribution in [0.4, 0.5) is 0 Å². The lowest BCUT2D eigenvalue weighted by Crippen LogP contribution is -2.46. The van der Waals surface area contributed by atoms with E-state index >= 15 is 0 Å². The Morgan fingerprint density at radius 2 is 1.40 bits per heavy atom. The molecule has 0 saturated carbocycles. The van der Waals surface area contributed by atoms with E-state index in [1.807, 2.05) is 49.4 Å². The van der Waals surface area contributed by atoms with Gasteiger partial charge in [-0.2, -0.15) is 0 Å². The molecule has 1 saturated heterocycles. The largest absolute Gasteiger partial charge is 0.463 e. The molecule has 0 aliphatic carbocycles. The van der Waals surface area contributed by atoms with E-state index in [-0.39, 0.29) is 43.2 Å². The van der Waals surface area contributed by atoms with Crippen molar-refractivity contribution in [3.8, 4) is 11.1 Å². The van der Waals surface area contributed by atoms with Gasteiger partial charge in [0.15, 0.2) is 5.78 Å². The summed E-state index contributed by atoms with van der Waals surface area (Å²) in [5.74, 6) is -0.780. The van der Waals surface area contributed by atoms with Gasteiger partial charge in [0, 0.05) is 55.4 Å². The van der Waals surface area contributed by atoms with Crippen molar-refractivity contribution in [2.24, 2.45) is 0 Å². The van der Waals surface area contributed by atoms with Crippen molar-refractivity contribution in [3.05, 3.63) is 130 Å². The van der Waals surface area contributed by atoms with Gasteiger partial charge in [0.05, 0.1) is 19.1 Å². The van der Waals surface area contributed by atoms with Crippen molar-refractivity contribution in [1.29, 1.82) is 0 Å². The molecule has 0 radical (unpaired) electrons. The Morgan fingerprint density at radius 3 is 2.13 bits per heavy atom. The monoisotopic (exact) mass is 696 g/mol. The Labute approximate surface area is 295 Å². The van der Waals surface area contributed by atoms with Crippen molar-refractivity contribution in [1.82, 2.24) is 9.80 Å². The first-order chi connectivity index (χ1) is 22.0. The standard InChI is InChI=1S/C38H41ClN2O4.2ClH/c1-2-35(31-12-8-13-32(27-31)37(42)30-9-4-3-5-10-30)38(43)45-26-25-44-24-23-40-19-21-41(22-20-40)28-33-11-6-7-14-36(33)29-15-17-34(39)18-16-29;;/h3-18,27,35H,2,19-26,28H2,1H3;2*1H. The molecular formula is C38H43Cl3N2O4. The second-order valence-electron chi connectivity index (χ2n) is 11.3. The van der Waals surface area contributed by atoms with Crippen molar-refractivity contribution in [3.63, 3.8) is 0 Å². The number of carbonyl (C=O) groups is 2. The minimum Gasteiger partial charge on any atom is -0.463 e. The summed E-state index contributed by atoms with van der Waals surface area (Å²) in [6.45, 7) is 8.87. The third-order valence-electron chi connectivity index (χ3n) is 8.34. The lowest BCUT2D eigenvalue weighted by atomic mass is 9.93. The SMILES string of the molecule is CCC(C(=O)OCCOCCN1CCN(Cc2ccccc2-c2ccc(Cl)cc2)CC1)c1cccc(C(=O)c2ccccc2)c1.Cl.Cl. The molecule has 0 N–H and O–H groups in total.